The van der Waals surface area contributed by atoms with E-state index in [0.29, 0.717) is 31.1 Å². The van der Waals surface area contributed by atoms with Crippen LogP contribution in [-0.2, 0) is 10.0 Å². The summed E-state index contributed by atoms with van der Waals surface area (Å²) in [5.74, 6) is 0. The molecule has 140 valence electrons. The lowest BCUT2D eigenvalue weighted by molar-refractivity contribution is 0.165. The fourth-order valence-electron chi connectivity index (χ4n) is 2.88. The van der Waals surface area contributed by atoms with Crippen molar-refractivity contribution in [3.05, 3.63) is 28.8 Å². The van der Waals surface area contributed by atoms with Gasteiger partial charge in [-0.25, -0.2) is 13.2 Å². The molecular weight excluding hydrogens is 338 g/mol. The number of rotatable bonds is 2. The predicted octanol–water partition coefficient (Wildman–Crippen LogP) is 2.43. The maximum atomic E-state index is 13.0. The van der Waals surface area contributed by atoms with Gasteiger partial charge in [0.25, 0.3) is 0 Å². The zero-order chi connectivity index (χ0) is 19.0. The zero-order valence-corrected chi connectivity index (χ0v) is 16.8. The molecule has 1 fully saturated rings. The monoisotopic (exact) mass is 367 g/mol. The summed E-state index contributed by atoms with van der Waals surface area (Å²) >= 11 is 0. The summed E-state index contributed by atoms with van der Waals surface area (Å²) in [6, 6.07) is 3.51. The first-order valence-corrected chi connectivity index (χ1v) is 10.0. The van der Waals surface area contributed by atoms with Crippen molar-refractivity contribution in [3.63, 3.8) is 0 Å². The molecular formula is C18H29N3O3S. The number of sulfonamides is 1. The van der Waals surface area contributed by atoms with Crippen molar-refractivity contribution in [2.75, 3.05) is 26.2 Å². The van der Waals surface area contributed by atoms with Crippen molar-refractivity contribution in [2.45, 2.75) is 52.0 Å². The number of carbonyl (C=O) groups excluding carboxylic acids is 1. The number of hydrogen-bond donors (Lipinski definition) is 1. The summed E-state index contributed by atoms with van der Waals surface area (Å²) in [7, 11) is -3.54. The molecule has 7 heteroatoms. The highest BCUT2D eigenvalue weighted by Gasteiger charge is 2.32. The van der Waals surface area contributed by atoms with Crippen molar-refractivity contribution in [1.82, 2.24) is 14.5 Å². The van der Waals surface area contributed by atoms with E-state index in [-0.39, 0.29) is 11.6 Å². The van der Waals surface area contributed by atoms with Crippen molar-refractivity contribution in [1.29, 1.82) is 0 Å². The highest BCUT2D eigenvalue weighted by atomic mass is 32.2. The van der Waals surface area contributed by atoms with Gasteiger partial charge in [0.15, 0.2) is 0 Å². The Morgan fingerprint density at radius 2 is 1.48 bits per heavy atom. The number of urea groups is 1. The van der Waals surface area contributed by atoms with Gasteiger partial charge >= 0.3 is 6.03 Å². The molecule has 0 aliphatic carbocycles. The lowest BCUT2D eigenvalue weighted by atomic mass is 10.1. The maximum absolute atomic E-state index is 13.0. The van der Waals surface area contributed by atoms with Gasteiger partial charge in [-0.1, -0.05) is 6.07 Å². The third kappa shape index (κ3) is 4.52. The molecule has 0 bridgehead atoms. The largest absolute Gasteiger partial charge is 0.333 e. The second-order valence-electron chi connectivity index (χ2n) is 7.77. The second kappa shape index (κ2) is 6.96. The number of piperazine rings is 1. The molecule has 6 nitrogen and oxygen atoms in total. The lowest BCUT2D eigenvalue weighted by Gasteiger charge is -2.36. The van der Waals surface area contributed by atoms with Crippen LogP contribution in [0.25, 0.3) is 0 Å². The van der Waals surface area contributed by atoms with Gasteiger partial charge in [-0.15, -0.1) is 0 Å². The predicted molar refractivity (Wildman–Crippen MR) is 99.3 cm³/mol. The average Bonchev–Trinajstić information content (AvgIpc) is 2.49. The van der Waals surface area contributed by atoms with Crippen LogP contribution in [-0.4, -0.2) is 55.4 Å². The van der Waals surface area contributed by atoms with Crippen LogP contribution < -0.4 is 5.32 Å². The van der Waals surface area contributed by atoms with Crippen LogP contribution in [0.3, 0.4) is 0 Å². The van der Waals surface area contributed by atoms with E-state index in [0.717, 1.165) is 16.7 Å². The summed E-state index contributed by atoms with van der Waals surface area (Å²) < 4.78 is 27.4. The van der Waals surface area contributed by atoms with E-state index < -0.39 is 10.0 Å². The van der Waals surface area contributed by atoms with Crippen LogP contribution in [0, 0.1) is 20.8 Å². The van der Waals surface area contributed by atoms with Crippen LogP contribution in [0.1, 0.15) is 37.5 Å². The van der Waals surface area contributed by atoms with Crippen molar-refractivity contribution in [3.8, 4) is 0 Å². The van der Waals surface area contributed by atoms with Crippen molar-refractivity contribution < 1.29 is 13.2 Å². The topological polar surface area (TPSA) is 69.7 Å². The van der Waals surface area contributed by atoms with E-state index in [9.17, 15) is 13.2 Å². The number of hydrogen-bond acceptors (Lipinski definition) is 3. The zero-order valence-electron chi connectivity index (χ0n) is 16.0. The molecule has 0 spiro atoms. The van der Waals surface area contributed by atoms with Gasteiger partial charge in [0.05, 0.1) is 4.90 Å². The Balaban J connectivity index is 2.12. The smallest absolute Gasteiger partial charge is 0.317 e. The molecule has 0 aromatic heterocycles. The molecule has 1 heterocycles. The third-order valence-electron chi connectivity index (χ3n) is 4.42. The van der Waals surface area contributed by atoms with Crippen LogP contribution in [0.2, 0.25) is 0 Å². The van der Waals surface area contributed by atoms with Crippen LogP contribution >= 0.6 is 0 Å². The van der Waals surface area contributed by atoms with Gasteiger partial charge < -0.3 is 10.2 Å². The summed E-state index contributed by atoms with van der Waals surface area (Å²) in [6.45, 7) is 12.9. The van der Waals surface area contributed by atoms with Gasteiger partial charge in [0.2, 0.25) is 10.0 Å². The van der Waals surface area contributed by atoms with Crippen LogP contribution in [0.15, 0.2) is 17.0 Å². The van der Waals surface area contributed by atoms with Crippen LogP contribution in [0.5, 0.6) is 0 Å². The Bertz CT molecular complexity index is 759. The minimum Gasteiger partial charge on any atom is -0.333 e. The number of nitrogens with zero attached hydrogens (tertiary/aromatic N) is 2. The molecule has 0 unspecified atom stereocenters. The highest BCUT2D eigenvalue weighted by molar-refractivity contribution is 7.89. The SMILES string of the molecule is Cc1cc(C)c(S(=O)(=O)N2CCN(C(=O)NC(C)(C)C)CC2)cc1C. The second-order valence-corrected chi connectivity index (χ2v) is 9.68. The summed E-state index contributed by atoms with van der Waals surface area (Å²) in [5, 5.41) is 2.92. The quantitative estimate of drug-likeness (QED) is 0.873. The first-order valence-electron chi connectivity index (χ1n) is 8.57. The van der Waals surface area contributed by atoms with Crippen molar-refractivity contribution >= 4 is 16.1 Å². The van der Waals surface area contributed by atoms with E-state index in [2.05, 4.69) is 5.32 Å². The Labute approximate surface area is 151 Å². The molecule has 1 N–H and O–H groups in total. The molecule has 0 saturated carbocycles. The van der Waals surface area contributed by atoms with Gasteiger partial charge in [0, 0.05) is 31.7 Å². The van der Waals surface area contributed by atoms with E-state index in [1.54, 1.807) is 11.0 Å². The maximum Gasteiger partial charge on any atom is 0.317 e. The van der Waals surface area contributed by atoms with Crippen molar-refractivity contribution in [2.24, 2.45) is 0 Å². The molecule has 1 saturated heterocycles. The molecule has 2 amide bonds. The fourth-order valence-corrected chi connectivity index (χ4v) is 4.60. The Morgan fingerprint density at radius 3 is 2.00 bits per heavy atom. The number of benzene rings is 1. The minimum absolute atomic E-state index is 0.146. The van der Waals surface area contributed by atoms with Gasteiger partial charge in [-0.3, -0.25) is 0 Å². The van der Waals surface area contributed by atoms with Crippen LogP contribution in [0.4, 0.5) is 4.79 Å². The summed E-state index contributed by atoms with van der Waals surface area (Å²) in [6.07, 6.45) is 0. The number of nitrogens with one attached hydrogen (secondary N) is 1. The van der Waals surface area contributed by atoms with E-state index in [4.69, 9.17) is 0 Å². The first kappa shape index (κ1) is 19.7. The molecule has 1 aliphatic rings. The summed E-state index contributed by atoms with van der Waals surface area (Å²) in [5.41, 5.74) is 2.50. The van der Waals surface area contributed by atoms with E-state index in [1.807, 2.05) is 47.6 Å². The Hall–Kier alpha value is -1.60. The highest BCUT2D eigenvalue weighted by Crippen LogP contribution is 2.24. The minimum atomic E-state index is -3.54. The van der Waals surface area contributed by atoms with E-state index >= 15 is 0 Å². The average molecular weight is 368 g/mol. The number of aryl methyl sites for hydroxylation is 3. The molecule has 1 aromatic carbocycles. The summed E-state index contributed by atoms with van der Waals surface area (Å²) in [4.78, 5) is 14.3. The molecule has 1 aromatic rings. The molecule has 1 aliphatic heterocycles. The van der Waals surface area contributed by atoms with Gasteiger partial charge in [0.1, 0.15) is 0 Å². The molecule has 0 radical (unpaired) electrons. The number of amides is 2. The van der Waals surface area contributed by atoms with Gasteiger partial charge in [-0.2, -0.15) is 4.31 Å². The third-order valence-corrected chi connectivity index (χ3v) is 6.46. The Morgan fingerprint density at radius 1 is 0.960 bits per heavy atom. The fraction of sp³-hybridized carbons (Fsp3) is 0.611. The lowest BCUT2D eigenvalue weighted by Crippen LogP contribution is -2.55. The normalized spacial score (nSPS) is 16.8. The molecule has 0 atom stereocenters. The molecule has 25 heavy (non-hydrogen) atoms. The van der Waals surface area contributed by atoms with E-state index in [1.165, 1.54) is 4.31 Å². The first-order chi connectivity index (χ1) is 11.4. The Kier molecular flexibility index (Phi) is 5.49. The van der Waals surface area contributed by atoms with Gasteiger partial charge in [-0.05, 0) is 64.3 Å². The standard InChI is InChI=1S/C18H29N3O3S/c1-13-11-15(3)16(12-14(13)2)25(23,24)21-9-7-20(8-10-21)17(22)19-18(4,5)6/h11-12H,7-10H2,1-6H3,(H,19,22). The number of carbonyl (C=O) groups is 1. The molecule has 2 rings (SSSR count).